The molecule has 0 amide bonds. The van der Waals surface area contributed by atoms with Crippen LogP contribution >= 0.6 is 34.5 Å². The fourth-order valence-electron chi connectivity index (χ4n) is 1.70. The molecule has 20 heavy (non-hydrogen) atoms. The minimum absolute atomic E-state index is 0.643. The summed E-state index contributed by atoms with van der Waals surface area (Å²) in [6.07, 6.45) is 1.53. The normalized spacial score (nSPS) is 10.7. The maximum Gasteiger partial charge on any atom is 0.143 e. The van der Waals surface area contributed by atoms with Crippen molar-refractivity contribution >= 4 is 40.2 Å². The van der Waals surface area contributed by atoms with Gasteiger partial charge in [0.05, 0.1) is 21.4 Å². The van der Waals surface area contributed by atoms with Crippen molar-refractivity contribution in [2.75, 3.05) is 5.32 Å². The maximum atomic E-state index is 6.18. The van der Waals surface area contributed by atoms with Crippen molar-refractivity contribution in [2.45, 2.75) is 6.54 Å². The Kier molecular flexibility index (Phi) is 3.86. The van der Waals surface area contributed by atoms with E-state index in [0.29, 0.717) is 11.6 Å². The molecule has 3 aromatic rings. The molecule has 0 bridgehead atoms. The van der Waals surface area contributed by atoms with E-state index in [9.17, 15) is 0 Å². The van der Waals surface area contributed by atoms with Crippen molar-refractivity contribution in [1.82, 2.24) is 20.2 Å². The summed E-state index contributed by atoms with van der Waals surface area (Å²) in [6.45, 7) is 0.663. The first-order valence-corrected chi connectivity index (χ1v) is 7.35. The largest absolute Gasteiger partial charge is 0.379 e. The van der Waals surface area contributed by atoms with Gasteiger partial charge < -0.3 is 5.32 Å². The minimum atomic E-state index is 0.643. The van der Waals surface area contributed by atoms with Crippen LogP contribution in [0.3, 0.4) is 0 Å². The van der Waals surface area contributed by atoms with Crippen LogP contribution in [0.15, 0.2) is 36.0 Å². The molecule has 5 nitrogen and oxygen atoms in total. The van der Waals surface area contributed by atoms with Gasteiger partial charge in [0.15, 0.2) is 0 Å². The predicted molar refractivity (Wildman–Crippen MR) is 80.8 cm³/mol. The SMILES string of the molecule is Clc1csc(CNc2cc(-n3cnnn3)ccc2Cl)c1. The molecule has 2 aromatic heterocycles. The molecule has 0 fully saturated rings. The molecule has 0 spiro atoms. The number of tetrazole rings is 1. The van der Waals surface area contributed by atoms with Crippen LogP contribution in [0.25, 0.3) is 5.69 Å². The highest BCUT2D eigenvalue weighted by molar-refractivity contribution is 7.10. The molecule has 1 N–H and O–H groups in total. The average Bonchev–Trinajstić information content (AvgIpc) is 3.09. The monoisotopic (exact) mass is 325 g/mol. The lowest BCUT2D eigenvalue weighted by molar-refractivity contribution is 0.789. The second-order valence-corrected chi connectivity index (χ2v) is 5.84. The maximum absolute atomic E-state index is 6.18. The number of halogens is 2. The third kappa shape index (κ3) is 2.92. The van der Waals surface area contributed by atoms with Crippen LogP contribution in [0.1, 0.15) is 4.88 Å². The van der Waals surface area contributed by atoms with Crippen LogP contribution in [0, 0.1) is 0 Å². The number of nitrogens with zero attached hydrogens (tertiary/aromatic N) is 4. The Balaban J connectivity index is 1.80. The van der Waals surface area contributed by atoms with Crippen LogP contribution < -0.4 is 5.32 Å². The highest BCUT2D eigenvalue weighted by Gasteiger charge is 2.05. The smallest absolute Gasteiger partial charge is 0.143 e. The van der Waals surface area contributed by atoms with Gasteiger partial charge in [-0.3, -0.25) is 0 Å². The van der Waals surface area contributed by atoms with Gasteiger partial charge in [-0.2, -0.15) is 0 Å². The molecular formula is C12H9Cl2N5S. The predicted octanol–water partition coefficient (Wildman–Crippen LogP) is 3.64. The number of thiophene rings is 1. The summed E-state index contributed by atoms with van der Waals surface area (Å²) in [4.78, 5) is 1.14. The second-order valence-electron chi connectivity index (χ2n) is 4.00. The lowest BCUT2D eigenvalue weighted by Crippen LogP contribution is -2.01. The molecule has 0 saturated carbocycles. The summed E-state index contributed by atoms with van der Waals surface area (Å²) >= 11 is 13.7. The van der Waals surface area contributed by atoms with Gasteiger partial charge in [-0.25, -0.2) is 4.68 Å². The Morgan fingerprint density at radius 3 is 2.85 bits per heavy atom. The zero-order valence-electron chi connectivity index (χ0n) is 10.1. The summed E-state index contributed by atoms with van der Waals surface area (Å²) in [5.41, 5.74) is 1.66. The number of hydrogen-bond donors (Lipinski definition) is 1. The van der Waals surface area contributed by atoms with Gasteiger partial charge in [0, 0.05) is 16.8 Å². The molecule has 0 aliphatic rings. The summed E-state index contributed by atoms with van der Waals surface area (Å²) in [5, 5.41) is 17.7. The van der Waals surface area contributed by atoms with E-state index in [1.165, 1.54) is 6.33 Å². The van der Waals surface area contributed by atoms with Crippen LogP contribution in [0.4, 0.5) is 5.69 Å². The van der Waals surface area contributed by atoms with Crippen LogP contribution in [-0.4, -0.2) is 20.2 Å². The number of rotatable bonds is 4. The first kappa shape index (κ1) is 13.4. The lowest BCUT2D eigenvalue weighted by atomic mass is 10.2. The molecular weight excluding hydrogens is 317 g/mol. The van der Waals surface area contributed by atoms with Gasteiger partial charge in [0.2, 0.25) is 0 Å². The van der Waals surface area contributed by atoms with Gasteiger partial charge in [-0.05, 0) is 34.7 Å². The van der Waals surface area contributed by atoms with Gasteiger partial charge in [0.1, 0.15) is 6.33 Å². The molecule has 2 heterocycles. The minimum Gasteiger partial charge on any atom is -0.379 e. The van der Waals surface area contributed by atoms with Crippen molar-refractivity contribution in [3.05, 3.63) is 50.9 Å². The van der Waals surface area contributed by atoms with Gasteiger partial charge in [-0.15, -0.1) is 16.4 Å². The van der Waals surface area contributed by atoms with Crippen molar-refractivity contribution in [3.63, 3.8) is 0 Å². The zero-order valence-corrected chi connectivity index (χ0v) is 12.5. The van der Waals surface area contributed by atoms with E-state index >= 15 is 0 Å². The van der Waals surface area contributed by atoms with Crippen LogP contribution in [0.5, 0.6) is 0 Å². The Bertz CT molecular complexity index is 710. The van der Waals surface area contributed by atoms with E-state index in [0.717, 1.165) is 21.3 Å². The Labute approximate surface area is 129 Å². The number of anilines is 1. The highest BCUT2D eigenvalue weighted by atomic mass is 35.5. The van der Waals surface area contributed by atoms with E-state index in [2.05, 4.69) is 20.8 Å². The van der Waals surface area contributed by atoms with E-state index in [1.807, 2.05) is 29.6 Å². The highest BCUT2D eigenvalue weighted by Crippen LogP contribution is 2.26. The van der Waals surface area contributed by atoms with E-state index in [4.69, 9.17) is 23.2 Å². The molecule has 0 atom stereocenters. The third-order valence-electron chi connectivity index (χ3n) is 2.64. The van der Waals surface area contributed by atoms with Gasteiger partial charge >= 0.3 is 0 Å². The fourth-order valence-corrected chi connectivity index (χ4v) is 2.90. The van der Waals surface area contributed by atoms with Gasteiger partial charge in [0.25, 0.3) is 0 Å². The first-order chi connectivity index (χ1) is 9.72. The standard InChI is InChI=1S/C12H9Cl2N5S/c13-8-3-10(20-6-8)5-15-12-4-9(1-2-11(12)14)19-7-16-17-18-19/h1-4,6-7,15H,5H2. The Morgan fingerprint density at radius 1 is 1.25 bits per heavy atom. The molecule has 0 radical (unpaired) electrons. The number of benzene rings is 1. The molecule has 102 valence electrons. The summed E-state index contributed by atoms with van der Waals surface area (Å²) < 4.78 is 1.57. The van der Waals surface area contributed by atoms with E-state index < -0.39 is 0 Å². The van der Waals surface area contributed by atoms with Crippen molar-refractivity contribution in [2.24, 2.45) is 0 Å². The first-order valence-electron chi connectivity index (χ1n) is 5.72. The molecule has 3 rings (SSSR count). The zero-order chi connectivity index (χ0) is 13.9. The molecule has 1 aromatic carbocycles. The van der Waals surface area contributed by atoms with Crippen molar-refractivity contribution in [3.8, 4) is 5.69 Å². The molecule has 0 unspecified atom stereocenters. The van der Waals surface area contributed by atoms with Crippen molar-refractivity contribution in [1.29, 1.82) is 0 Å². The topological polar surface area (TPSA) is 55.6 Å². The average molecular weight is 326 g/mol. The van der Waals surface area contributed by atoms with E-state index in [1.54, 1.807) is 16.0 Å². The molecule has 0 saturated heterocycles. The Hall–Kier alpha value is -1.63. The third-order valence-corrected chi connectivity index (χ3v) is 4.25. The lowest BCUT2D eigenvalue weighted by Gasteiger charge is -2.09. The van der Waals surface area contributed by atoms with Crippen LogP contribution in [0.2, 0.25) is 10.0 Å². The molecule has 8 heteroatoms. The van der Waals surface area contributed by atoms with Crippen LogP contribution in [-0.2, 0) is 6.54 Å². The second kappa shape index (κ2) is 5.78. The number of aromatic nitrogens is 4. The quantitative estimate of drug-likeness (QED) is 0.795. The molecule has 0 aliphatic carbocycles. The fraction of sp³-hybridized carbons (Fsp3) is 0.0833. The Morgan fingerprint density at radius 2 is 2.15 bits per heavy atom. The number of nitrogens with one attached hydrogen (secondary N) is 1. The molecule has 0 aliphatic heterocycles. The van der Waals surface area contributed by atoms with Gasteiger partial charge in [-0.1, -0.05) is 23.2 Å². The van der Waals surface area contributed by atoms with E-state index in [-0.39, 0.29) is 0 Å². The summed E-state index contributed by atoms with van der Waals surface area (Å²) in [6, 6.07) is 7.49. The summed E-state index contributed by atoms with van der Waals surface area (Å²) in [5.74, 6) is 0. The summed E-state index contributed by atoms with van der Waals surface area (Å²) in [7, 11) is 0. The number of hydrogen-bond acceptors (Lipinski definition) is 5. The van der Waals surface area contributed by atoms with Crippen molar-refractivity contribution < 1.29 is 0 Å².